The van der Waals surface area contributed by atoms with E-state index in [1.807, 2.05) is 48.8 Å². The van der Waals surface area contributed by atoms with Crippen LogP contribution < -0.4 is 4.74 Å². The normalized spacial score (nSPS) is 11.0. The van der Waals surface area contributed by atoms with Gasteiger partial charge in [-0.25, -0.2) is 0 Å². The van der Waals surface area contributed by atoms with E-state index in [-0.39, 0.29) is 6.10 Å². The molecule has 0 aliphatic rings. The second-order valence-corrected chi connectivity index (χ2v) is 6.73. The lowest BCUT2D eigenvalue weighted by atomic mass is 10.2. The zero-order valence-electron chi connectivity index (χ0n) is 14.4. The molecule has 5 nitrogen and oxygen atoms in total. The zero-order chi connectivity index (χ0) is 17.6. The number of rotatable bonds is 8. The van der Waals surface area contributed by atoms with Gasteiger partial charge in [0.15, 0.2) is 10.9 Å². The van der Waals surface area contributed by atoms with Gasteiger partial charge in [-0.2, -0.15) is 0 Å². The average Bonchev–Trinajstić information content (AvgIpc) is 3.23. The van der Waals surface area contributed by atoms with Crippen molar-refractivity contribution in [2.75, 3.05) is 0 Å². The minimum atomic E-state index is 0.162. The van der Waals surface area contributed by atoms with Crippen LogP contribution >= 0.6 is 11.8 Å². The van der Waals surface area contributed by atoms with Crippen molar-refractivity contribution < 1.29 is 9.15 Å². The maximum absolute atomic E-state index is 5.75. The Morgan fingerprint density at radius 1 is 1.28 bits per heavy atom. The number of nitrogens with zero attached hydrogens (tertiary/aromatic N) is 3. The summed E-state index contributed by atoms with van der Waals surface area (Å²) in [7, 11) is 0. The molecule has 0 fully saturated rings. The number of furan rings is 1. The van der Waals surface area contributed by atoms with Gasteiger partial charge in [-0.05, 0) is 43.7 Å². The van der Waals surface area contributed by atoms with E-state index >= 15 is 0 Å². The Kier molecular flexibility index (Phi) is 5.60. The molecule has 3 aromatic rings. The number of aromatic nitrogens is 3. The molecule has 0 saturated heterocycles. The fourth-order valence-electron chi connectivity index (χ4n) is 2.41. The first-order valence-corrected chi connectivity index (χ1v) is 9.12. The summed E-state index contributed by atoms with van der Waals surface area (Å²) in [5, 5.41) is 9.42. The third kappa shape index (κ3) is 4.33. The largest absolute Gasteiger partial charge is 0.491 e. The Morgan fingerprint density at radius 2 is 2.16 bits per heavy atom. The van der Waals surface area contributed by atoms with Gasteiger partial charge in [-0.1, -0.05) is 30.0 Å². The zero-order valence-corrected chi connectivity index (χ0v) is 15.2. The predicted molar refractivity (Wildman–Crippen MR) is 99.7 cm³/mol. The number of ether oxygens (including phenoxy) is 1. The van der Waals surface area contributed by atoms with Crippen LogP contribution in [0.5, 0.6) is 5.75 Å². The molecule has 0 atom stereocenters. The molecule has 6 heteroatoms. The van der Waals surface area contributed by atoms with Crippen LogP contribution in [0, 0.1) is 0 Å². The molecule has 0 aliphatic heterocycles. The standard InChI is InChI=1S/C19H21N3O2S/c1-4-10-22-18(17-9-6-11-23-17)20-21-19(22)25-13-15-7-5-8-16(12-15)24-14(2)3/h4-9,11-12,14H,1,10,13H2,2-3H3. The third-order valence-electron chi connectivity index (χ3n) is 3.41. The SMILES string of the molecule is C=CCn1c(SCc2cccc(OC(C)C)c2)nnc1-c1ccco1. The lowest BCUT2D eigenvalue weighted by Gasteiger charge is -2.11. The highest BCUT2D eigenvalue weighted by atomic mass is 32.2. The molecule has 2 aromatic heterocycles. The number of allylic oxidation sites excluding steroid dienone is 1. The van der Waals surface area contributed by atoms with Gasteiger partial charge < -0.3 is 9.15 Å². The smallest absolute Gasteiger partial charge is 0.200 e. The van der Waals surface area contributed by atoms with E-state index in [0.29, 0.717) is 18.1 Å². The Hall–Kier alpha value is -2.47. The van der Waals surface area contributed by atoms with Crippen LogP contribution in [0.4, 0.5) is 0 Å². The van der Waals surface area contributed by atoms with Crippen molar-refractivity contribution in [3.8, 4) is 17.3 Å². The van der Waals surface area contributed by atoms with Crippen molar-refractivity contribution in [1.82, 2.24) is 14.8 Å². The van der Waals surface area contributed by atoms with Crippen LogP contribution in [0.25, 0.3) is 11.6 Å². The topological polar surface area (TPSA) is 53.1 Å². The van der Waals surface area contributed by atoms with Crippen LogP contribution in [0.1, 0.15) is 19.4 Å². The molecule has 0 bridgehead atoms. The molecule has 0 radical (unpaired) electrons. The van der Waals surface area contributed by atoms with Crippen LogP contribution in [0.3, 0.4) is 0 Å². The molecule has 2 heterocycles. The molecule has 0 aliphatic carbocycles. The van der Waals surface area contributed by atoms with Crippen LogP contribution in [-0.2, 0) is 12.3 Å². The van der Waals surface area contributed by atoms with Gasteiger partial charge in [-0.3, -0.25) is 4.57 Å². The molecule has 0 unspecified atom stereocenters. The molecule has 1 aromatic carbocycles. The van der Waals surface area contributed by atoms with E-state index in [2.05, 4.69) is 28.9 Å². The Morgan fingerprint density at radius 3 is 2.88 bits per heavy atom. The summed E-state index contributed by atoms with van der Waals surface area (Å²) in [5.41, 5.74) is 1.18. The second-order valence-electron chi connectivity index (χ2n) is 5.79. The van der Waals surface area contributed by atoms with Crippen LogP contribution in [-0.4, -0.2) is 20.9 Å². The summed E-state index contributed by atoms with van der Waals surface area (Å²) in [5.74, 6) is 3.08. The Labute approximate surface area is 151 Å². The summed E-state index contributed by atoms with van der Waals surface area (Å²) >= 11 is 1.63. The van der Waals surface area contributed by atoms with Crippen molar-refractivity contribution >= 4 is 11.8 Å². The monoisotopic (exact) mass is 355 g/mol. The summed E-state index contributed by atoms with van der Waals surface area (Å²) in [4.78, 5) is 0. The van der Waals surface area contributed by atoms with Gasteiger partial charge in [0.25, 0.3) is 0 Å². The quantitative estimate of drug-likeness (QED) is 0.429. The molecule has 0 N–H and O–H groups in total. The van der Waals surface area contributed by atoms with Crippen molar-refractivity contribution in [3.63, 3.8) is 0 Å². The highest BCUT2D eigenvalue weighted by Crippen LogP contribution is 2.27. The first kappa shape index (κ1) is 17.4. The molecule has 130 valence electrons. The molecular formula is C19H21N3O2S. The molecule has 0 saturated carbocycles. The first-order chi connectivity index (χ1) is 12.2. The van der Waals surface area contributed by atoms with Gasteiger partial charge >= 0.3 is 0 Å². The summed E-state index contributed by atoms with van der Waals surface area (Å²) in [6.07, 6.45) is 3.63. The average molecular weight is 355 g/mol. The lowest BCUT2D eigenvalue weighted by molar-refractivity contribution is 0.242. The highest BCUT2D eigenvalue weighted by molar-refractivity contribution is 7.98. The lowest BCUT2D eigenvalue weighted by Crippen LogP contribution is -2.05. The van der Waals surface area contributed by atoms with E-state index < -0.39 is 0 Å². The van der Waals surface area contributed by atoms with Crippen molar-refractivity contribution in [1.29, 1.82) is 0 Å². The summed E-state index contributed by atoms with van der Waals surface area (Å²) in [6.45, 7) is 8.50. The van der Waals surface area contributed by atoms with Gasteiger partial charge in [0.1, 0.15) is 5.75 Å². The van der Waals surface area contributed by atoms with Gasteiger partial charge in [0.05, 0.1) is 12.4 Å². The molecule has 3 rings (SSSR count). The first-order valence-electron chi connectivity index (χ1n) is 8.13. The Balaban J connectivity index is 1.76. The second kappa shape index (κ2) is 8.07. The van der Waals surface area contributed by atoms with Gasteiger partial charge in [0, 0.05) is 12.3 Å². The van der Waals surface area contributed by atoms with Crippen LogP contribution in [0.15, 0.2) is 64.9 Å². The van der Waals surface area contributed by atoms with E-state index in [1.54, 1.807) is 18.0 Å². The van der Waals surface area contributed by atoms with Crippen molar-refractivity contribution in [3.05, 3.63) is 60.9 Å². The molecule has 0 amide bonds. The number of hydrogen-bond donors (Lipinski definition) is 0. The van der Waals surface area contributed by atoms with E-state index in [1.165, 1.54) is 5.56 Å². The Bertz CT molecular complexity index is 825. The van der Waals surface area contributed by atoms with Crippen LogP contribution in [0.2, 0.25) is 0 Å². The van der Waals surface area contributed by atoms with Gasteiger partial charge in [-0.15, -0.1) is 16.8 Å². The minimum absolute atomic E-state index is 0.162. The van der Waals surface area contributed by atoms with Gasteiger partial charge in [0.2, 0.25) is 5.82 Å². The fraction of sp³-hybridized carbons (Fsp3) is 0.263. The van der Waals surface area contributed by atoms with Crippen molar-refractivity contribution in [2.45, 2.75) is 37.4 Å². The number of benzene rings is 1. The van der Waals surface area contributed by atoms with E-state index in [0.717, 1.165) is 16.7 Å². The number of hydrogen-bond acceptors (Lipinski definition) is 5. The summed E-state index contributed by atoms with van der Waals surface area (Å²) in [6, 6.07) is 11.9. The maximum atomic E-state index is 5.75. The third-order valence-corrected chi connectivity index (χ3v) is 4.45. The summed E-state index contributed by atoms with van der Waals surface area (Å²) < 4.78 is 13.2. The number of thioether (sulfide) groups is 1. The predicted octanol–water partition coefficient (Wildman–Crippen LogP) is 4.80. The minimum Gasteiger partial charge on any atom is -0.491 e. The highest BCUT2D eigenvalue weighted by Gasteiger charge is 2.15. The van der Waals surface area contributed by atoms with E-state index in [4.69, 9.17) is 9.15 Å². The fourth-order valence-corrected chi connectivity index (χ4v) is 3.30. The molecular weight excluding hydrogens is 334 g/mol. The van der Waals surface area contributed by atoms with Crippen molar-refractivity contribution in [2.24, 2.45) is 0 Å². The molecule has 25 heavy (non-hydrogen) atoms. The maximum Gasteiger partial charge on any atom is 0.200 e. The van der Waals surface area contributed by atoms with E-state index in [9.17, 15) is 0 Å². The molecule has 0 spiro atoms.